The number of aliphatic hydroxyl groups excluding tert-OH is 1. The van der Waals surface area contributed by atoms with Gasteiger partial charge in [-0.1, -0.05) is 0 Å². The summed E-state index contributed by atoms with van der Waals surface area (Å²) < 4.78 is 0. The summed E-state index contributed by atoms with van der Waals surface area (Å²) in [6, 6.07) is 0.0821. The molecule has 1 rings (SSSR count). The molecule has 0 bridgehead atoms. The van der Waals surface area contributed by atoms with Crippen molar-refractivity contribution < 1.29 is 9.90 Å². The molecule has 1 aliphatic rings. The summed E-state index contributed by atoms with van der Waals surface area (Å²) >= 11 is 0. The largest absolute Gasteiger partial charge is 0.396 e. The first-order valence-corrected chi connectivity index (χ1v) is 5.73. The van der Waals surface area contributed by atoms with Gasteiger partial charge in [-0.15, -0.1) is 0 Å². The van der Waals surface area contributed by atoms with Gasteiger partial charge in [0.2, 0.25) is 5.91 Å². The number of likely N-dealkylation sites (N-methyl/N-ethyl adjacent to an activating group) is 1. The Hall–Kier alpha value is -0.610. The van der Waals surface area contributed by atoms with Crippen LogP contribution in [0.1, 0.15) is 25.7 Å². The summed E-state index contributed by atoms with van der Waals surface area (Å²) in [6.07, 6.45) is 3.91. The smallest absolute Gasteiger partial charge is 0.239 e. The van der Waals surface area contributed by atoms with E-state index in [2.05, 4.69) is 4.90 Å². The van der Waals surface area contributed by atoms with Crippen LogP contribution in [0.4, 0.5) is 0 Å². The van der Waals surface area contributed by atoms with Gasteiger partial charge in [0.05, 0.1) is 6.04 Å². The van der Waals surface area contributed by atoms with E-state index in [0.717, 1.165) is 38.8 Å². The molecule has 1 atom stereocenters. The molecule has 1 saturated heterocycles. The third-order valence-electron chi connectivity index (χ3n) is 2.94. The normalized spacial score (nSPS) is 21.9. The van der Waals surface area contributed by atoms with Crippen molar-refractivity contribution in [2.45, 2.75) is 31.7 Å². The predicted octanol–water partition coefficient (Wildman–Crippen LogP) is 0.311. The molecule has 15 heavy (non-hydrogen) atoms. The molecule has 1 aliphatic heterocycles. The second-order valence-corrected chi connectivity index (χ2v) is 4.36. The van der Waals surface area contributed by atoms with E-state index in [1.165, 1.54) is 0 Å². The van der Waals surface area contributed by atoms with E-state index in [-0.39, 0.29) is 18.6 Å². The second kappa shape index (κ2) is 6.08. The molecule has 0 aromatic heterocycles. The van der Waals surface area contributed by atoms with Gasteiger partial charge in [0.15, 0.2) is 0 Å². The maximum absolute atomic E-state index is 11.8. The topological polar surface area (TPSA) is 43.8 Å². The van der Waals surface area contributed by atoms with Crippen LogP contribution in [0.25, 0.3) is 0 Å². The van der Waals surface area contributed by atoms with Crippen molar-refractivity contribution in [3.63, 3.8) is 0 Å². The van der Waals surface area contributed by atoms with E-state index < -0.39 is 0 Å². The summed E-state index contributed by atoms with van der Waals surface area (Å²) in [5, 5.41) is 8.71. The van der Waals surface area contributed by atoms with E-state index in [4.69, 9.17) is 5.11 Å². The number of amides is 1. The molecule has 0 aromatic rings. The van der Waals surface area contributed by atoms with E-state index in [1.807, 2.05) is 14.1 Å². The number of nitrogens with zero attached hydrogens (tertiary/aromatic N) is 2. The quantitative estimate of drug-likeness (QED) is 0.670. The summed E-state index contributed by atoms with van der Waals surface area (Å²) in [6.45, 7) is 2.21. The highest BCUT2D eigenvalue weighted by atomic mass is 16.2. The Morgan fingerprint density at radius 1 is 1.47 bits per heavy atom. The minimum absolute atomic E-state index is 0.0821. The molecule has 0 radical (unpaired) electrons. The van der Waals surface area contributed by atoms with Crippen LogP contribution >= 0.6 is 0 Å². The first kappa shape index (κ1) is 12.5. The maximum atomic E-state index is 11.8. The molecule has 1 N–H and O–H groups in total. The molecule has 0 saturated carbocycles. The van der Waals surface area contributed by atoms with E-state index >= 15 is 0 Å². The van der Waals surface area contributed by atoms with Crippen molar-refractivity contribution in [2.75, 3.05) is 33.8 Å². The van der Waals surface area contributed by atoms with Crippen LogP contribution in [0.15, 0.2) is 0 Å². The van der Waals surface area contributed by atoms with Gasteiger partial charge in [0, 0.05) is 20.7 Å². The van der Waals surface area contributed by atoms with E-state index in [1.54, 1.807) is 4.90 Å². The highest BCUT2D eigenvalue weighted by molar-refractivity contribution is 5.81. The van der Waals surface area contributed by atoms with Gasteiger partial charge in [-0.2, -0.15) is 0 Å². The predicted molar refractivity (Wildman–Crippen MR) is 59.6 cm³/mol. The molecule has 88 valence electrons. The van der Waals surface area contributed by atoms with Crippen LogP contribution in [0.3, 0.4) is 0 Å². The van der Waals surface area contributed by atoms with Gasteiger partial charge >= 0.3 is 0 Å². The number of carbonyl (C=O) groups is 1. The highest BCUT2D eigenvalue weighted by Crippen LogP contribution is 2.19. The van der Waals surface area contributed by atoms with Crippen molar-refractivity contribution >= 4 is 5.91 Å². The minimum atomic E-state index is 0.0821. The Morgan fingerprint density at radius 3 is 2.80 bits per heavy atom. The lowest BCUT2D eigenvalue weighted by Crippen LogP contribution is -2.43. The number of aliphatic hydroxyl groups is 1. The average molecular weight is 214 g/mol. The van der Waals surface area contributed by atoms with Crippen LogP contribution in [-0.4, -0.2) is 60.6 Å². The number of hydrogen-bond acceptors (Lipinski definition) is 3. The molecular formula is C11H22N2O2. The Labute approximate surface area is 91.9 Å². The SMILES string of the molecule is CN(C)C(=O)C1CCCN1CCCCO. The summed E-state index contributed by atoms with van der Waals surface area (Å²) in [5.41, 5.74) is 0. The Balaban J connectivity index is 2.39. The van der Waals surface area contributed by atoms with E-state index in [0.29, 0.717) is 0 Å². The molecule has 0 aromatic carbocycles. The van der Waals surface area contributed by atoms with Crippen LogP contribution in [0.2, 0.25) is 0 Å². The molecule has 4 nitrogen and oxygen atoms in total. The van der Waals surface area contributed by atoms with Gasteiger partial charge in [0.1, 0.15) is 0 Å². The van der Waals surface area contributed by atoms with Crippen LogP contribution in [0, 0.1) is 0 Å². The first-order chi connectivity index (χ1) is 7.16. The monoisotopic (exact) mass is 214 g/mol. The standard InChI is InChI=1S/C11H22N2O2/c1-12(2)11(15)10-6-5-8-13(10)7-3-4-9-14/h10,14H,3-9H2,1-2H3. The van der Waals surface area contributed by atoms with Gasteiger partial charge in [-0.05, 0) is 38.8 Å². The molecule has 1 fully saturated rings. The zero-order valence-electron chi connectivity index (χ0n) is 9.78. The van der Waals surface area contributed by atoms with Crippen molar-refractivity contribution in [2.24, 2.45) is 0 Å². The molecule has 0 spiro atoms. The fraction of sp³-hybridized carbons (Fsp3) is 0.909. The summed E-state index contributed by atoms with van der Waals surface area (Å²) in [4.78, 5) is 15.7. The summed E-state index contributed by atoms with van der Waals surface area (Å²) in [7, 11) is 3.62. The molecule has 1 heterocycles. The van der Waals surface area contributed by atoms with Crippen molar-refractivity contribution in [1.82, 2.24) is 9.80 Å². The lowest BCUT2D eigenvalue weighted by atomic mass is 10.2. The lowest BCUT2D eigenvalue weighted by molar-refractivity contribution is -0.133. The first-order valence-electron chi connectivity index (χ1n) is 5.73. The number of hydrogen-bond donors (Lipinski definition) is 1. The Bertz CT molecular complexity index is 207. The van der Waals surface area contributed by atoms with Gasteiger partial charge in [0.25, 0.3) is 0 Å². The van der Waals surface area contributed by atoms with Gasteiger partial charge in [-0.25, -0.2) is 0 Å². The Morgan fingerprint density at radius 2 is 2.20 bits per heavy atom. The molecule has 1 amide bonds. The fourth-order valence-electron chi connectivity index (χ4n) is 2.10. The number of unbranched alkanes of at least 4 members (excludes halogenated alkanes) is 1. The molecular weight excluding hydrogens is 192 g/mol. The van der Waals surface area contributed by atoms with Crippen LogP contribution in [-0.2, 0) is 4.79 Å². The Kier molecular flexibility index (Phi) is 5.05. The average Bonchev–Trinajstić information content (AvgIpc) is 2.65. The maximum Gasteiger partial charge on any atom is 0.239 e. The number of rotatable bonds is 5. The second-order valence-electron chi connectivity index (χ2n) is 4.36. The van der Waals surface area contributed by atoms with Gasteiger partial charge < -0.3 is 10.0 Å². The lowest BCUT2D eigenvalue weighted by Gasteiger charge is -2.25. The zero-order chi connectivity index (χ0) is 11.3. The molecule has 4 heteroatoms. The molecule has 1 unspecified atom stereocenters. The van der Waals surface area contributed by atoms with Crippen LogP contribution in [0.5, 0.6) is 0 Å². The van der Waals surface area contributed by atoms with Crippen LogP contribution < -0.4 is 0 Å². The number of carbonyl (C=O) groups excluding carboxylic acids is 1. The third-order valence-corrected chi connectivity index (χ3v) is 2.94. The summed E-state index contributed by atoms with van der Waals surface area (Å²) in [5.74, 6) is 0.219. The van der Waals surface area contributed by atoms with Crippen molar-refractivity contribution in [3.8, 4) is 0 Å². The highest BCUT2D eigenvalue weighted by Gasteiger charge is 2.30. The van der Waals surface area contributed by atoms with Crippen molar-refractivity contribution in [3.05, 3.63) is 0 Å². The van der Waals surface area contributed by atoms with Crippen molar-refractivity contribution in [1.29, 1.82) is 0 Å². The third kappa shape index (κ3) is 3.47. The number of likely N-dealkylation sites (tertiary alicyclic amines) is 1. The van der Waals surface area contributed by atoms with E-state index in [9.17, 15) is 4.79 Å². The zero-order valence-corrected chi connectivity index (χ0v) is 9.78. The fourth-order valence-corrected chi connectivity index (χ4v) is 2.10. The van der Waals surface area contributed by atoms with Gasteiger partial charge in [-0.3, -0.25) is 9.69 Å². The minimum Gasteiger partial charge on any atom is -0.396 e. The molecule has 0 aliphatic carbocycles.